The number of thiazole rings is 1. The minimum absolute atomic E-state index is 0.0364. The summed E-state index contributed by atoms with van der Waals surface area (Å²) >= 11 is 1.37. The van der Waals surface area contributed by atoms with Gasteiger partial charge in [0.2, 0.25) is 5.13 Å². The van der Waals surface area contributed by atoms with Crippen molar-refractivity contribution >= 4 is 49.6 Å². The number of halogens is 4. The quantitative estimate of drug-likeness (QED) is 0.0167. The summed E-state index contributed by atoms with van der Waals surface area (Å²) in [6.07, 6.45) is 1.39. The maximum Gasteiger partial charge on any atom is 0.389 e. The van der Waals surface area contributed by atoms with Crippen LogP contribution < -0.4 is 14.5 Å². The van der Waals surface area contributed by atoms with Crippen molar-refractivity contribution in [3.05, 3.63) is 144 Å². The third kappa shape index (κ3) is 13.6. The lowest BCUT2D eigenvalue weighted by Gasteiger charge is -2.40. The highest BCUT2D eigenvalue weighted by Gasteiger charge is 2.37. The minimum atomic E-state index is -4.28. The zero-order valence-corrected chi connectivity index (χ0v) is 41.6. The van der Waals surface area contributed by atoms with Gasteiger partial charge in [0.25, 0.3) is 0 Å². The van der Waals surface area contributed by atoms with Crippen LogP contribution in [0.5, 0.6) is 11.5 Å². The topological polar surface area (TPSA) is 82.5 Å². The van der Waals surface area contributed by atoms with Crippen LogP contribution in [0.15, 0.2) is 126 Å². The maximum atomic E-state index is 16.3. The Morgan fingerprint density at radius 1 is 0.803 bits per heavy atom. The van der Waals surface area contributed by atoms with E-state index in [4.69, 9.17) is 29.0 Å². The van der Waals surface area contributed by atoms with Crippen molar-refractivity contribution in [2.45, 2.75) is 90.7 Å². The van der Waals surface area contributed by atoms with Gasteiger partial charge in [0, 0.05) is 30.6 Å². The summed E-state index contributed by atoms with van der Waals surface area (Å²) in [6, 6.07) is 37.5. The number of hydrogen-bond acceptors (Lipinski definition) is 9. The summed E-state index contributed by atoms with van der Waals surface area (Å²) in [5, 5.41) is 8.76. The number of nitrogens with zero attached hydrogens (tertiary/aromatic N) is 3. The Morgan fingerprint density at radius 2 is 1.49 bits per heavy atom. The van der Waals surface area contributed by atoms with Crippen LogP contribution in [-0.4, -0.2) is 62.9 Å². The number of unbranched alkanes of at least 4 members (excludes halogenated alkanes) is 4. The highest BCUT2D eigenvalue weighted by atomic mass is 32.1. The largest absolute Gasteiger partial charge is 0.494 e. The predicted octanol–water partition coefficient (Wildman–Crippen LogP) is 15.4. The van der Waals surface area contributed by atoms with E-state index in [2.05, 4.69) is 64.1 Å². The summed E-state index contributed by atoms with van der Waals surface area (Å²) in [6.45, 7) is 12.5. The van der Waals surface area contributed by atoms with Gasteiger partial charge in [-0.05, 0) is 143 Å². The second-order valence-corrected chi connectivity index (χ2v) is 20.5. The fraction of sp³-hybridized carbons (Fsp3) is 0.362. The van der Waals surface area contributed by atoms with Crippen molar-refractivity contribution in [2.24, 2.45) is 10.5 Å². The lowest BCUT2D eigenvalue weighted by molar-refractivity contribution is -0.150. The molecule has 8 rings (SSSR count). The molecule has 0 atom stereocenters. The number of carbonyl (C=O) groups is 1. The molecule has 1 aromatic heterocycles. The molecule has 8 nitrogen and oxygen atoms in total. The molecule has 1 aliphatic rings. The Labute approximate surface area is 417 Å². The monoisotopic (exact) mass is 987 g/mol. The number of aromatic nitrogens is 1. The predicted molar refractivity (Wildman–Crippen MR) is 278 cm³/mol. The van der Waals surface area contributed by atoms with Gasteiger partial charge in [0.15, 0.2) is 11.6 Å². The van der Waals surface area contributed by atoms with Gasteiger partial charge < -0.3 is 18.9 Å². The van der Waals surface area contributed by atoms with Crippen molar-refractivity contribution in [3.8, 4) is 33.8 Å². The van der Waals surface area contributed by atoms with Gasteiger partial charge >= 0.3 is 12.1 Å². The van der Waals surface area contributed by atoms with Crippen LogP contribution in [0.3, 0.4) is 0 Å². The van der Waals surface area contributed by atoms with E-state index in [1.165, 1.54) is 35.2 Å². The molecule has 7 aromatic rings. The highest BCUT2D eigenvalue weighted by molar-refractivity contribution is 7.22. The highest BCUT2D eigenvalue weighted by Crippen LogP contribution is 2.36. The fourth-order valence-electron chi connectivity index (χ4n) is 8.42. The number of rotatable bonds is 22. The van der Waals surface area contributed by atoms with E-state index in [9.17, 15) is 18.0 Å². The lowest BCUT2D eigenvalue weighted by atomic mass is 9.84. The number of ether oxygens (including phenoxy) is 4. The molecule has 0 unspecified atom stereocenters. The summed E-state index contributed by atoms with van der Waals surface area (Å²) in [7, 11) is 0. The zero-order chi connectivity index (χ0) is 50.0. The van der Waals surface area contributed by atoms with Crippen LogP contribution in [0.4, 0.5) is 22.7 Å². The number of fused-ring (bicyclic) bond motifs is 2. The number of hydrogen-bond donors (Lipinski definition) is 0. The van der Waals surface area contributed by atoms with Gasteiger partial charge in [-0.3, -0.25) is 0 Å². The number of alkyl halides is 3. The molecule has 1 fully saturated rings. The molecule has 0 aliphatic carbocycles. The standard InChI is InChI=1S/C58H61F4N3O5S/c1-5-57(38-68-39-57)37-67-30-12-6-7-13-31-69-48-26-22-41(23-27-48)54(66)70-52-34-46(36-63-65(29-11-10-28-58(60,61)62)55-64-51-14-8-9-15-53(51)71-55)49(35-50(52)59)45-19-18-43-32-42(16-17-44(43)33-45)40-20-24-47(25-21-40)56(2,3)4/h8-9,14-27,32-36H,5-7,10-13,28-31,37-39H2,1-4H3/b63-36+. The van der Waals surface area contributed by atoms with Crippen LogP contribution in [0.25, 0.3) is 43.2 Å². The average Bonchev–Trinajstić information content (AvgIpc) is 3.78. The Kier molecular flexibility index (Phi) is 16.5. The lowest BCUT2D eigenvalue weighted by Crippen LogP contribution is -2.45. The van der Waals surface area contributed by atoms with E-state index in [0.29, 0.717) is 34.2 Å². The van der Waals surface area contributed by atoms with Gasteiger partial charge in [-0.25, -0.2) is 19.2 Å². The Morgan fingerprint density at radius 3 is 2.17 bits per heavy atom. The van der Waals surface area contributed by atoms with E-state index in [-0.39, 0.29) is 41.5 Å². The molecule has 372 valence electrons. The normalized spacial score (nSPS) is 13.7. The number of esters is 1. The molecule has 0 saturated carbocycles. The first-order valence-electron chi connectivity index (χ1n) is 24.5. The molecule has 0 N–H and O–H groups in total. The number of carbonyl (C=O) groups excluding carboxylic acids is 1. The van der Waals surface area contributed by atoms with Gasteiger partial charge in [0.05, 0.1) is 48.4 Å². The van der Waals surface area contributed by atoms with Crippen molar-refractivity contribution in [2.75, 3.05) is 44.6 Å². The summed E-state index contributed by atoms with van der Waals surface area (Å²) in [4.78, 5) is 18.3. The van der Waals surface area contributed by atoms with E-state index in [1.54, 1.807) is 29.3 Å². The second-order valence-electron chi connectivity index (χ2n) is 19.5. The van der Waals surface area contributed by atoms with Crippen molar-refractivity contribution in [3.63, 3.8) is 0 Å². The van der Waals surface area contributed by atoms with Crippen LogP contribution in [0.2, 0.25) is 0 Å². The summed E-state index contributed by atoms with van der Waals surface area (Å²) in [5.74, 6) is -1.24. The molecule has 1 saturated heterocycles. The maximum absolute atomic E-state index is 16.3. The molecule has 0 spiro atoms. The van der Waals surface area contributed by atoms with Gasteiger partial charge in [-0.1, -0.05) is 106 Å². The SMILES string of the molecule is CCC1(COCCCCCCOc2ccc(C(=O)Oc3cc(/C=N/N(CCCCC(F)(F)F)c4nc5ccccc5s4)c(-c4ccc5cc(-c6ccc(C(C)(C)C)cc6)ccc5c4)cc3F)cc2)COC1. The third-order valence-corrected chi connectivity index (χ3v) is 14.0. The number of hydrazone groups is 1. The van der Waals surface area contributed by atoms with E-state index >= 15 is 4.39 Å². The molecular weight excluding hydrogens is 927 g/mol. The first kappa shape index (κ1) is 51.2. The molecule has 13 heteroatoms. The molecule has 0 bridgehead atoms. The molecule has 6 aromatic carbocycles. The number of para-hydroxylation sites is 1. The molecule has 1 aliphatic heterocycles. The average molecular weight is 988 g/mol. The van der Waals surface area contributed by atoms with Gasteiger partial charge in [-0.2, -0.15) is 18.3 Å². The van der Waals surface area contributed by atoms with Crippen molar-refractivity contribution < 1.29 is 41.3 Å². The first-order chi connectivity index (χ1) is 34.1. The van der Waals surface area contributed by atoms with Crippen LogP contribution in [0.1, 0.15) is 101 Å². The van der Waals surface area contributed by atoms with E-state index in [1.807, 2.05) is 48.5 Å². The van der Waals surface area contributed by atoms with Crippen LogP contribution in [-0.2, 0) is 14.9 Å². The number of benzene rings is 6. The van der Waals surface area contributed by atoms with Gasteiger partial charge in [0.1, 0.15) is 5.75 Å². The Hall–Kier alpha value is -6.15. The van der Waals surface area contributed by atoms with Crippen LogP contribution in [0, 0.1) is 11.2 Å². The van der Waals surface area contributed by atoms with E-state index < -0.39 is 24.4 Å². The summed E-state index contributed by atoms with van der Waals surface area (Å²) < 4.78 is 79.6. The second kappa shape index (κ2) is 22.9. The zero-order valence-electron chi connectivity index (χ0n) is 40.8. The third-order valence-electron chi connectivity index (χ3n) is 13.0. The van der Waals surface area contributed by atoms with Gasteiger partial charge in [-0.15, -0.1) is 0 Å². The Bertz CT molecular complexity index is 2890. The Balaban J connectivity index is 0.999. The molecule has 71 heavy (non-hydrogen) atoms. The molecule has 2 heterocycles. The molecule has 0 amide bonds. The minimum Gasteiger partial charge on any atom is -0.494 e. The van der Waals surface area contributed by atoms with Crippen LogP contribution >= 0.6 is 11.3 Å². The van der Waals surface area contributed by atoms with Crippen molar-refractivity contribution in [1.82, 2.24) is 4.98 Å². The van der Waals surface area contributed by atoms with Crippen molar-refractivity contribution in [1.29, 1.82) is 0 Å². The number of anilines is 1. The fourth-order valence-corrected chi connectivity index (χ4v) is 9.37. The summed E-state index contributed by atoms with van der Waals surface area (Å²) in [5.41, 5.74) is 6.13. The smallest absolute Gasteiger partial charge is 0.389 e. The molecule has 0 radical (unpaired) electrons. The first-order valence-corrected chi connectivity index (χ1v) is 25.3. The van der Waals surface area contributed by atoms with E-state index in [0.717, 1.165) is 90.6 Å². The molecular formula is C58H61F4N3O5S.